The maximum Gasteiger partial charge on any atom is 0.125 e. The monoisotopic (exact) mass is 198 g/mol. The third-order valence-electron chi connectivity index (χ3n) is 1.61. The Morgan fingerprint density at radius 3 is 2.85 bits per heavy atom. The van der Waals surface area contributed by atoms with Crippen LogP contribution in [0.3, 0.4) is 0 Å². The summed E-state index contributed by atoms with van der Waals surface area (Å²) in [5, 5.41) is 3.10. The molecule has 0 aliphatic carbocycles. The summed E-state index contributed by atoms with van der Waals surface area (Å²) in [7, 11) is -0.734. The minimum Gasteiger partial charge on any atom is -0.369 e. The van der Waals surface area contributed by atoms with Crippen LogP contribution in [-0.4, -0.2) is 27.7 Å². The van der Waals surface area contributed by atoms with Gasteiger partial charge in [-0.3, -0.25) is 4.21 Å². The molecule has 0 saturated carbocycles. The van der Waals surface area contributed by atoms with E-state index in [1.165, 1.54) is 0 Å². The summed E-state index contributed by atoms with van der Waals surface area (Å²) >= 11 is 0. The van der Waals surface area contributed by atoms with Crippen molar-refractivity contribution >= 4 is 16.6 Å². The zero-order valence-electron chi connectivity index (χ0n) is 7.91. The van der Waals surface area contributed by atoms with Crippen molar-refractivity contribution in [2.24, 2.45) is 0 Å². The van der Waals surface area contributed by atoms with Gasteiger partial charge in [0.1, 0.15) is 5.82 Å². The van der Waals surface area contributed by atoms with Crippen LogP contribution in [0.25, 0.3) is 0 Å². The van der Waals surface area contributed by atoms with Crippen LogP contribution in [-0.2, 0) is 10.8 Å². The summed E-state index contributed by atoms with van der Waals surface area (Å²) in [6.07, 6.45) is 3.51. The second-order valence-electron chi connectivity index (χ2n) is 2.92. The number of pyridine rings is 1. The number of nitrogens with one attached hydrogen (secondary N) is 1. The maximum absolute atomic E-state index is 10.7. The molecule has 3 nitrogen and oxygen atoms in total. The topological polar surface area (TPSA) is 42.0 Å². The number of aromatic nitrogens is 1. The van der Waals surface area contributed by atoms with Crippen molar-refractivity contribution in [1.29, 1.82) is 0 Å². The average molecular weight is 198 g/mol. The Morgan fingerprint density at radius 1 is 1.54 bits per heavy atom. The molecule has 1 atom stereocenters. The van der Waals surface area contributed by atoms with E-state index in [2.05, 4.69) is 10.3 Å². The predicted molar refractivity (Wildman–Crippen MR) is 56.4 cm³/mol. The second-order valence-corrected chi connectivity index (χ2v) is 4.48. The molecule has 1 aromatic heterocycles. The maximum atomic E-state index is 10.7. The lowest BCUT2D eigenvalue weighted by molar-refractivity contribution is 0.687. The molecule has 0 amide bonds. The Kier molecular flexibility index (Phi) is 3.89. The molecule has 1 aromatic rings. The summed E-state index contributed by atoms with van der Waals surface area (Å²) < 4.78 is 10.7. The fraction of sp³-hybridized carbons (Fsp3) is 0.444. The number of nitrogens with zero attached hydrogens (tertiary/aromatic N) is 1. The highest BCUT2D eigenvalue weighted by atomic mass is 32.2. The summed E-state index contributed by atoms with van der Waals surface area (Å²) in [6.45, 7) is 2.71. The number of rotatable bonds is 4. The number of hydrogen-bond acceptors (Lipinski definition) is 3. The Balaban J connectivity index is 2.37. The van der Waals surface area contributed by atoms with Gasteiger partial charge in [-0.1, -0.05) is 6.07 Å². The Morgan fingerprint density at radius 2 is 2.31 bits per heavy atom. The van der Waals surface area contributed by atoms with Gasteiger partial charge in [-0.15, -0.1) is 0 Å². The van der Waals surface area contributed by atoms with Gasteiger partial charge in [0.15, 0.2) is 0 Å². The fourth-order valence-electron chi connectivity index (χ4n) is 0.895. The summed E-state index contributed by atoms with van der Waals surface area (Å²) in [5.74, 6) is 1.51. The third-order valence-corrected chi connectivity index (χ3v) is 2.39. The number of anilines is 1. The zero-order valence-corrected chi connectivity index (χ0v) is 8.73. The normalized spacial score (nSPS) is 12.5. The highest BCUT2D eigenvalue weighted by Gasteiger charge is 1.93. The van der Waals surface area contributed by atoms with Crippen LogP contribution < -0.4 is 5.32 Å². The van der Waals surface area contributed by atoms with E-state index < -0.39 is 10.8 Å². The largest absolute Gasteiger partial charge is 0.369 e. The average Bonchev–Trinajstić information content (AvgIpc) is 2.08. The van der Waals surface area contributed by atoms with Crippen molar-refractivity contribution < 1.29 is 4.21 Å². The molecule has 0 aliphatic heterocycles. The second kappa shape index (κ2) is 4.97. The highest BCUT2D eigenvalue weighted by molar-refractivity contribution is 7.84. The summed E-state index contributed by atoms with van der Waals surface area (Å²) in [6, 6.07) is 3.92. The van der Waals surface area contributed by atoms with Crippen LogP contribution in [0.15, 0.2) is 18.3 Å². The lowest BCUT2D eigenvalue weighted by Gasteiger charge is -2.03. The molecule has 4 heteroatoms. The first kappa shape index (κ1) is 10.2. The van der Waals surface area contributed by atoms with E-state index in [4.69, 9.17) is 0 Å². The van der Waals surface area contributed by atoms with Crippen molar-refractivity contribution in [2.45, 2.75) is 6.92 Å². The van der Waals surface area contributed by atoms with E-state index in [9.17, 15) is 4.21 Å². The van der Waals surface area contributed by atoms with Gasteiger partial charge >= 0.3 is 0 Å². The van der Waals surface area contributed by atoms with Crippen molar-refractivity contribution in [3.8, 4) is 0 Å². The van der Waals surface area contributed by atoms with Crippen LogP contribution in [0.4, 0.5) is 5.82 Å². The van der Waals surface area contributed by atoms with Crippen LogP contribution in [0, 0.1) is 6.92 Å². The summed E-state index contributed by atoms with van der Waals surface area (Å²) in [5.41, 5.74) is 1.14. The molecule has 0 radical (unpaired) electrons. The van der Waals surface area contributed by atoms with Crippen LogP contribution in [0.1, 0.15) is 5.56 Å². The molecular formula is C9H14N2OS. The summed E-state index contributed by atoms with van der Waals surface area (Å²) in [4.78, 5) is 4.17. The van der Waals surface area contributed by atoms with Crippen LogP contribution in [0.2, 0.25) is 0 Å². The van der Waals surface area contributed by atoms with E-state index in [0.29, 0.717) is 12.3 Å². The minimum absolute atomic E-state index is 0.662. The van der Waals surface area contributed by atoms with Crippen molar-refractivity contribution in [3.05, 3.63) is 23.9 Å². The van der Waals surface area contributed by atoms with E-state index >= 15 is 0 Å². The molecule has 0 aliphatic rings. The Labute approximate surface area is 81.0 Å². The molecule has 72 valence electrons. The quantitative estimate of drug-likeness (QED) is 0.790. The zero-order chi connectivity index (χ0) is 9.68. The first-order valence-corrected chi connectivity index (χ1v) is 5.88. The lowest BCUT2D eigenvalue weighted by Crippen LogP contribution is -2.10. The van der Waals surface area contributed by atoms with E-state index in [1.54, 1.807) is 6.26 Å². The van der Waals surface area contributed by atoms with Crippen molar-refractivity contribution in [1.82, 2.24) is 4.98 Å². The molecule has 1 N–H and O–H groups in total. The van der Waals surface area contributed by atoms with Gasteiger partial charge in [0.2, 0.25) is 0 Å². The van der Waals surface area contributed by atoms with Gasteiger partial charge in [0.25, 0.3) is 0 Å². The SMILES string of the molecule is Cc1ccc(NCCS(C)=O)nc1. The highest BCUT2D eigenvalue weighted by Crippen LogP contribution is 2.02. The van der Waals surface area contributed by atoms with Gasteiger partial charge in [-0.05, 0) is 18.6 Å². The first-order valence-electron chi connectivity index (χ1n) is 4.15. The van der Waals surface area contributed by atoms with Gasteiger partial charge in [-0.2, -0.15) is 0 Å². The molecule has 13 heavy (non-hydrogen) atoms. The lowest BCUT2D eigenvalue weighted by atomic mass is 10.3. The van der Waals surface area contributed by atoms with Gasteiger partial charge in [0, 0.05) is 35.5 Å². The number of aryl methyl sites for hydroxylation is 1. The first-order chi connectivity index (χ1) is 6.18. The molecule has 0 saturated heterocycles. The van der Waals surface area contributed by atoms with E-state index in [-0.39, 0.29) is 0 Å². The van der Waals surface area contributed by atoms with Gasteiger partial charge < -0.3 is 5.32 Å². The van der Waals surface area contributed by atoms with E-state index in [1.807, 2.05) is 25.3 Å². The standard InChI is InChI=1S/C9H14N2OS/c1-8-3-4-9(11-7-8)10-5-6-13(2)12/h3-4,7H,5-6H2,1-2H3,(H,10,11). The Bertz CT molecular complexity index is 284. The molecule has 0 aromatic carbocycles. The van der Waals surface area contributed by atoms with Gasteiger partial charge in [-0.25, -0.2) is 4.98 Å². The van der Waals surface area contributed by atoms with Gasteiger partial charge in [0.05, 0.1) is 0 Å². The molecule has 0 spiro atoms. The molecule has 1 heterocycles. The smallest absolute Gasteiger partial charge is 0.125 e. The van der Waals surface area contributed by atoms with Crippen LogP contribution in [0.5, 0.6) is 0 Å². The molecule has 1 unspecified atom stereocenters. The van der Waals surface area contributed by atoms with E-state index in [0.717, 1.165) is 11.4 Å². The van der Waals surface area contributed by atoms with Crippen molar-refractivity contribution in [3.63, 3.8) is 0 Å². The minimum atomic E-state index is -0.734. The third kappa shape index (κ3) is 4.03. The predicted octanol–water partition coefficient (Wildman–Crippen LogP) is 1.18. The van der Waals surface area contributed by atoms with Crippen molar-refractivity contribution in [2.75, 3.05) is 23.9 Å². The molecule has 1 rings (SSSR count). The molecular weight excluding hydrogens is 184 g/mol. The number of hydrogen-bond donors (Lipinski definition) is 1. The van der Waals surface area contributed by atoms with Crippen LogP contribution >= 0.6 is 0 Å². The Hall–Kier alpha value is -0.900. The fourth-order valence-corrected chi connectivity index (χ4v) is 1.28. The molecule has 0 fully saturated rings. The molecule has 0 bridgehead atoms.